The SMILES string of the molecule is Nc1cccc2cc(C(=O)NC3CC(O)C3)[nH]c12. The first-order valence-corrected chi connectivity index (χ1v) is 5.99. The van der Waals surface area contributed by atoms with E-state index in [-0.39, 0.29) is 18.1 Å². The lowest BCUT2D eigenvalue weighted by atomic mass is 9.89. The van der Waals surface area contributed by atoms with Crippen LogP contribution in [0.15, 0.2) is 24.3 Å². The lowest BCUT2D eigenvalue weighted by molar-refractivity contribution is 0.0561. The van der Waals surface area contributed by atoms with Crippen LogP contribution in [0.4, 0.5) is 5.69 Å². The van der Waals surface area contributed by atoms with Gasteiger partial charge in [-0.2, -0.15) is 0 Å². The predicted molar refractivity (Wildman–Crippen MR) is 69.2 cm³/mol. The molecule has 1 heterocycles. The van der Waals surface area contributed by atoms with E-state index in [2.05, 4.69) is 10.3 Å². The molecule has 0 saturated heterocycles. The Labute approximate surface area is 104 Å². The number of aliphatic hydroxyl groups excluding tert-OH is 1. The van der Waals surface area contributed by atoms with E-state index in [9.17, 15) is 9.90 Å². The Kier molecular flexibility index (Phi) is 2.48. The van der Waals surface area contributed by atoms with Crippen molar-refractivity contribution in [3.05, 3.63) is 30.0 Å². The summed E-state index contributed by atoms with van der Waals surface area (Å²) in [7, 11) is 0. The van der Waals surface area contributed by atoms with Crippen LogP contribution in [0.2, 0.25) is 0 Å². The molecule has 0 spiro atoms. The molecule has 94 valence electrons. The molecule has 0 bridgehead atoms. The van der Waals surface area contributed by atoms with Gasteiger partial charge in [-0.3, -0.25) is 4.79 Å². The number of nitrogens with two attached hydrogens (primary N) is 1. The third-order valence-corrected chi connectivity index (χ3v) is 3.38. The van der Waals surface area contributed by atoms with Gasteiger partial charge in [-0.1, -0.05) is 12.1 Å². The molecule has 5 heteroatoms. The molecule has 0 aliphatic heterocycles. The van der Waals surface area contributed by atoms with Gasteiger partial charge in [-0.05, 0) is 25.0 Å². The van der Waals surface area contributed by atoms with Gasteiger partial charge in [0.2, 0.25) is 0 Å². The molecule has 1 fully saturated rings. The second-order valence-electron chi connectivity index (χ2n) is 4.79. The normalized spacial score (nSPS) is 22.7. The quantitative estimate of drug-likeness (QED) is 0.595. The summed E-state index contributed by atoms with van der Waals surface area (Å²) in [5.74, 6) is -0.150. The van der Waals surface area contributed by atoms with Gasteiger partial charge in [0.25, 0.3) is 5.91 Å². The summed E-state index contributed by atoms with van der Waals surface area (Å²) in [4.78, 5) is 15.0. The number of aliphatic hydroxyl groups is 1. The van der Waals surface area contributed by atoms with Crippen molar-refractivity contribution in [2.24, 2.45) is 0 Å². The third-order valence-electron chi connectivity index (χ3n) is 3.38. The summed E-state index contributed by atoms with van der Waals surface area (Å²) in [5, 5.41) is 13.0. The van der Waals surface area contributed by atoms with Crippen LogP contribution in [0.25, 0.3) is 10.9 Å². The van der Waals surface area contributed by atoms with Crippen LogP contribution < -0.4 is 11.1 Å². The van der Waals surface area contributed by atoms with Crippen LogP contribution in [-0.4, -0.2) is 28.1 Å². The Morgan fingerprint density at radius 1 is 1.44 bits per heavy atom. The number of hydrogen-bond donors (Lipinski definition) is 4. The van der Waals surface area contributed by atoms with Crippen molar-refractivity contribution in [3.63, 3.8) is 0 Å². The average molecular weight is 245 g/mol. The van der Waals surface area contributed by atoms with Gasteiger partial charge in [0.1, 0.15) is 5.69 Å². The number of H-pyrrole nitrogens is 1. The maximum absolute atomic E-state index is 12.0. The number of carbonyl (C=O) groups is 1. The number of aromatic amines is 1. The minimum Gasteiger partial charge on any atom is -0.397 e. The molecule has 0 atom stereocenters. The van der Waals surface area contributed by atoms with Gasteiger partial charge >= 0.3 is 0 Å². The van der Waals surface area contributed by atoms with E-state index in [4.69, 9.17) is 5.73 Å². The van der Waals surface area contributed by atoms with Gasteiger partial charge in [0, 0.05) is 11.4 Å². The van der Waals surface area contributed by atoms with Gasteiger partial charge in [-0.15, -0.1) is 0 Å². The summed E-state index contributed by atoms with van der Waals surface area (Å²) in [6.07, 6.45) is 0.996. The fourth-order valence-corrected chi connectivity index (χ4v) is 2.27. The van der Waals surface area contributed by atoms with Crippen LogP contribution in [0.3, 0.4) is 0 Å². The van der Waals surface area contributed by atoms with Crippen molar-refractivity contribution in [2.75, 3.05) is 5.73 Å². The zero-order valence-corrected chi connectivity index (χ0v) is 9.81. The maximum Gasteiger partial charge on any atom is 0.267 e. The summed E-state index contributed by atoms with van der Waals surface area (Å²) in [6.45, 7) is 0. The second kappa shape index (κ2) is 4.03. The lowest BCUT2D eigenvalue weighted by Gasteiger charge is -2.31. The summed E-state index contributed by atoms with van der Waals surface area (Å²) in [5.41, 5.74) is 7.75. The molecule has 2 aromatic rings. The largest absolute Gasteiger partial charge is 0.397 e. The van der Waals surface area contributed by atoms with Gasteiger partial charge in [0.15, 0.2) is 0 Å². The van der Waals surface area contributed by atoms with Crippen LogP contribution >= 0.6 is 0 Å². The minimum absolute atomic E-state index is 0.0799. The Balaban J connectivity index is 1.81. The second-order valence-corrected chi connectivity index (χ2v) is 4.79. The number of aromatic nitrogens is 1. The fourth-order valence-electron chi connectivity index (χ4n) is 2.27. The zero-order valence-electron chi connectivity index (χ0n) is 9.81. The molecule has 1 aromatic heterocycles. The highest BCUT2D eigenvalue weighted by atomic mass is 16.3. The minimum atomic E-state index is -0.270. The Hall–Kier alpha value is -2.01. The number of nitrogen functional groups attached to an aromatic ring is 1. The topological polar surface area (TPSA) is 91.1 Å². The van der Waals surface area contributed by atoms with E-state index in [1.165, 1.54) is 0 Å². The van der Waals surface area contributed by atoms with E-state index in [1.807, 2.05) is 12.1 Å². The first kappa shape index (κ1) is 11.1. The van der Waals surface area contributed by atoms with Crippen LogP contribution in [0.5, 0.6) is 0 Å². The van der Waals surface area contributed by atoms with E-state index in [1.54, 1.807) is 12.1 Å². The fraction of sp³-hybridized carbons (Fsp3) is 0.308. The van der Waals surface area contributed by atoms with Crippen LogP contribution in [-0.2, 0) is 0 Å². The van der Waals surface area contributed by atoms with Crippen molar-refractivity contribution >= 4 is 22.5 Å². The smallest absolute Gasteiger partial charge is 0.267 e. The first-order valence-electron chi connectivity index (χ1n) is 5.99. The van der Waals surface area contributed by atoms with E-state index in [0.29, 0.717) is 24.2 Å². The van der Waals surface area contributed by atoms with Gasteiger partial charge < -0.3 is 21.1 Å². The van der Waals surface area contributed by atoms with Crippen molar-refractivity contribution in [2.45, 2.75) is 25.0 Å². The van der Waals surface area contributed by atoms with Gasteiger partial charge in [0.05, 0.1) is 17.3 Å². The number of anilines is 1. The van der Waals surface area contributed by atoms with Gasteiger partial charge in [-0.25, -0.2) is 0 Å². The molecule has 1 aromatic carbocycles. The van der Waals surface area contributed by atoms with Crippen molar-refractivity contribution in [3.8, 4) is 0 Å². The number of nitrogens with one attached hydrogen (secondary N) is 2. The summed E-state index contributed by atoms with van der Waals surface area (Å²) < 4.78 is 0. The number of para-hydroxylation sites is 1. The summed E-state index contributed by atoms with van der Waals surface area (Å²) in [6, 6.07) is 7.43. The average Bonchev–Trinajstić information content (AvgIpc) is 2.72. The molecule has 1 amide bonds. The van der Waals surface area contributed by atoms with Crippen molar-refractivity contribution < 1.29 is 9.90 Å². The van der Waals surface area contributed by atoms with E-state index < -0.39 is 0 Å². The molecule has 5 N–H and O–H groups in total. The van der Waals surface area contributed by atoms with E-state index in [0.717, 1.165) is 10.9 Å². The molecule has 0 radical (unpaired) electrons. The molecular weight excluding hydrogens is 230 g/mol. The number of hydrogen-bond acceptors (Lipinski definition) is 3. The number of fused-ring (bicyclic) bond motifs is 1. The monoisotopic (exact) mass is 245 g/mol. The third kappa shape index (κ3) is 1.82. The summed E-state index contributed by atoms with van der Waals surface area (Å²) >= 11 is 0. The van der Waals surface area contributed by atoms with E-state index >= 15 is 0 Å². The predicted octanol–water partition coefficient (Wildman–Crippen LogP) is 1.00. The van der Waals surface area contributed by atoms with Crippen molar-refractivity contribution in [1.82, 2.24) is 10.3 Å². The number of carbonyl (C=O) groups excluding carboxylic acids is 1. The highest BCUT2D eigenvalue weighted by Gasteiger charge is 2.28. The molecule has 3 rings (SSSR count). The Bertz CT molecular complexity index is 599. The van der Waals surface area contributed by atoms with Crippen LogP contribution in [0.1, 0.15) is 23.3 Å². The lowest BCUT2D eigenvalue weighted by Crippen LogP contribution is -2.46. The Morgan fingerprint density at radius 3 is 2.89 bits per heavy atom. The molecule has 18 heavy (non-hydrogen) atoms. The molecule has 5 nitrogen and oxygen atoms in total. The molecule has 1 saturated carbocycles. The van der Waals surface area contributed by atoms with Crippen molar-refractivity contribution in [1.29, 1.82) is 0 Å². The highest BCUT2D eigenvalue weighted by molar-refractivity contribution is 6.00. The number of benzene rings is 1. The number of amides is 1. The Morgan fingerprint density at radius 2 is 2.22 bits per heavy atom. The number of rotatable bonds is 2. The standard InChI is InChI=1S/C13H15N3O2/c14-10-3-1-2-7-4-11(16-12(7)10)13(18)15-8-5-9(17)6-8/h1-4,8-9,16-17H,5-6,14H2,(H,15,18). The van der Waals surface area contributed by atoms with Crippen LogP contribution in [0, 0.1) is 0 Å². The maximum atomic E-state index is 12.0. The molecular formula is C13H15N3O2. The molecule has 1 aliphatic carbocycles. The first-order chi connectivity index (χ1) is 8.63. The molecule has 0 unspecified atom stereocenters. The highest BCUT2D eigenvalue weighted by Crippen LogP contribution is 2.23. The zero-order chi connectivity index (χ0) is 12.7. The molecule has 1 aliphatic rings.